The molecule has 0 fully saturated rings. The number of nitrogens with zero attached hydrogens (tertiary/aromatic N) is 5. The van der Waals surface area contributed by atoms with Gasteiger partial charge >= 0.3 is 0 Å². The van der Waals surface area contributed by atoms with Gasteiger partial charge in [0, 0.05) is 42.3 Å². The molecular formula is C23H24ClN7O4. The first-order valence-electron chi connectivity index (χ1n) is 10.8. The molecule has 35 heavy (non-hydrogen) atoms. The fourth-order valence-corrected chi connectivity index (χ4v) is 3.56. The van der Waals surface area contributed by atoms with E-state index in [0.717, 1.165) is 0 Å². The summed E-state index contributed by atoms with van der Waals surface area (Å²) < 4.78 is 8.38. The monoisotopic (exact) mass is 497 g/mol. The lowest BCUT2D eigenvalue weighted by Crippen LogP contribution is -2.32. The molecule has 0 spiro atoms. The number of rotatable bonds is 9. The summed E-state index contributed by atoms with van der Waals surface area (Å²) in [5, 5.41) is 23.9. The highest BCUT2D eigenvalue weighted by Gasteiger charge is 2.21. The Morgan fingerprint density at radius 1 is 1.31 bits per heavy atom. The van der Waals surface area contributed by atoms with Crippen LogP contribution in [0, 0.1) is 5.92 Å². The molecule has 1 aromatic carbocycles. The van der Waals surface area contributed by atoms with E-state index < -0.39 is 5.91 Å². The van der Waals surface area contributed by atoms with Crippen LogP contribution in [0.2, 0.25) is 5.02 Å². The van der Waals surface area contributed by atoms with Crippen LogP contribution in [0.15, 0.2) is 49.1 Å². The Labute approximate surface area is 205 Å². The Kier molecular flexibility index (Phi) is 7.28. The predicted molar refractivity (Wildman–Crippen MR) is 129 cm³/mol. The number of benzene rings is 1. The number of halogens is 1. The molecule has 0 bridgehead atoms. The van der Waals surface area contributed by atoms with Gasteiger partial charge in [-0.1, -0.05) is 18.5 Å². The third-order valence-electron chi connectivity index (χ3n) is 5.22. The third-order valence-corrected chi connectivity index (χ3v) is 5.45. The molecule has 0 aliphatic rings. The number of hydrogen-bond donors (Lipinski definition) is 3. The molecule has 0 aliphatic carbocycles. The summed E-state index contributed by atoms with van der Waals surface area (Å²) in [5.41, 5.74) is 1.94. The molecule has 3 aromatic heterocycles. The molecule has 1 unspecified atom stereocenters. The van der Waals surface area contributed by atoms with Crippen LogP contribution >= 0.6 is 11.6 Å². The first kappa shape index (κ1) is 24.2. The summed E-state index contributed by atoms with van der Waals surface area (Å²) in [5.74, 6) is -0.310. The van der Waals surface area contributed by atoms with Crippen molar-refractivity contribution in [2.75, 3.05) is 25.6 Å². The fraction of sp³-hybridized carbons (Fsp3) is 0.261. The van der Waals surface area contributed by atoms with Crippen LogP contribution in [-0.4, -0.2) is 61.6 Å². The number of fused-ring (bicyclic) bond motifs is 1. The predicted octanol–water partition coefficient (Wildman–Crippen LogP) is 2.25. The molecular weight excluding hydrogens is 474 g/mol. The second-order valence-electron chi connectivity index (χ2n) is 7.93. The van der Waals surface area contributed by atoms with Crippen LogP contribution in [-0.2, 0) is 11.3 Å². The Hall–Kier alpha value is -3.96. The highest BCUT2D eigenvalue weighted by Crippen LogP contribution is 2.36. The lowest BCUT2D eigenvalue weighted by atomic mass is 10.1. The second kappa shape index (κ2) is 10.5. The van der Waals surface area contributed by atoms with Crippen LogP contribution in [0.1, 0.15) is 17.3 Å². The van der Waals surface area contributed by atoms with E-state index in [9.17, 15) is 9.59 Å². The summed E-state index contributed by atoms with van der Waals surface area (Å²) in [6.07, 6.45) is 6.25. The standard InChI is InChI=1S/C23H24ClN7O4/c1-14(13-32)9-26-20(33)12-30-11-18(21(29-30)16-8-15(24)4-5-19(16)35-2)28-23(34)17-10-27-31-7-3-6-25-22(17)31/h3-8,10-11,14,32H,9,12-13H2,1-2H3,(H,26,33)(H,28,34). The first-order valence-corrected chi connectivity index (χ1v) is 11.2. The number of carbonyl (C=O) groups is 2. The van der Waals surface area contributed by atoms with Gasteiger partial charge in [-0.15, -0.1) is 0 Å². The van der Waals surface area contributed by atoms with E-state index in [-0.39, 0.29) is 30.5 Å². The van der Waals surface area contributed by atoms with E-state index in [1.807, 2.05) is 6.92 Å². The number of hydrogen-bond acceptors (Lipinski definition) is 7. The largest absolute Gasteiger partial charge is 0.496 e. The van der Waals surface area contributed by atoms with Crippen LogP contribution in [0.25, 0.3) is 16.9 Å². The molecule has 0 saturated heterocycles. The van der Waals surface area contributed by atoms with E-state index in [1.54, 1.807) is 42.9 Å². The molecule has 4 aromatic rings. The van der Waals surface area contributed by atoms with Gasteiger partial charge in [-0.3, -0.25) is 14.3 Å². The van der Waals surface area contributed by atoms with Gasteiger partial charge in [-0.25, -0.2) is 9.50 Å². The molecule has 0 radical (unpaired) electrons. The zero-order chi connectivity index (χ0) is 24.9. The molecule has 2 amide bonds. The Morgan fingerprint density at radius 3 is 2.91 bits per heavy atom. The smallest absolute Gasteiger partial charge is 0.261 e. The zero-order valence-electron chi connectivity index (χ0n) is 19.1. The van der Waals surface area contributed by atoms with Crippen molar-refractivity contribution in [3.05, 3.63) is 59.6 Å². The number of ether oxygens (including phenoxy) is 1. The molecule has 12 heteroatoms. The normalized spacial score (nSPS) is 11.9. The topological polar surface area (TPSA) is 136 Å². The summed E-state index contributed by atoms with van der Waals surface area (Å²) in [6, 6.07) is 6.75. The minimum absolute atomic E-state index is 0.0324. The van der Waals surface area contributed by atoms with Crippen LogP contribution < -0.4 is 15.4 Å². The number of aliphatic hydroxyl groups excluding tert-OH is 1. The molecule has 1 atom stereocenters. The van der Waals surface area contributed by atoms with Crippen LogP contribution in [0.4, 0.5) is 5.69 Å². The molecule has 182 valence electrons. The first-order chi connectivity index (χ1) is 16.9. The van der Waals surface area contributed by atoms with Crippen molar-refractivity contribution in [1.29, 1.82) is 0 Å². The molecule has 0 saturated carbocycles. The molecule has 3 heterocycles. The summed E-state index contributed by atoms with van der Waals surface area (Å²) >= 11 is 6.22. The third kappa shape index (κ3) is 5.42. The highest BCUT2D eigenvalue weighted by molar-refractivity contribution is 6.31. The van der Waals surface area contributed by atoms with Gasteiger partial charge in [0.1, 0.15) is 23.6 Å². The van der Waals surface area contributed by atoms with Crippen molar-refractivity contribution < 1.29 is 19.4 Å². The summed E-state index contributed by atoms with van der Waals surface area (Å²) in [4.78, 5) is 29.8. The quantitative estimate of drug-likeness (QED) is 0.322. The lowest BCUT2D eigenvalue weighted by molar-refractivity contribution is -0.122. The Balaban J connectivity index is 1.67. The van der Waals surface area contributed by atoms with E-state index >= 15 is 0 Å². The van der Waals surface area contributed by atoms with Gasteiger partial charge in [0.25, 0.3) is 5.91 Å². The number of nitrogens with one attached hydrogen (secondary N) is 2. The van der Waals surface area contributed by atoms with Gasteiger partial charge in [0.05, 0.1) is 19.0 Å². The van der Waals surface area contributed by atoms with Crippen molar-refractivity contribution in [1.82, 2.24) is 29.7 Å². The maximum absolute atomic E-state index is 13.1. The summed E-state index contributed by atoms with van der Waals surface area (Å²) in [7, 11) is 1.52. The average molecular weight is 498 g/mol. The molecule has 0 aliphatic heterocycles. The maximum atomic E-state index is 13.1. The average Bonchev–Trinajstić information content (AvgIpc) is 3.46. The number of aromatic nitrogens is 5. The highest BCUT2D eigenvalue weighted by atomic mass is 35.5. The Bertz CT molecular complexity index is 1370. The fourth-order valence-electron chi connectivity index (χ4n) is 3.39. The van der Waals surface area contributed by atoms with Gasteiger partial charge in [-0.2, -0.15) is 10.2 Å². The summed E-state index contributed by atoms with van der Waals surface area (Å²) in [6.45, 7) is 2.02. The van der Waals surface area contributed by atoms with Gasteiger partial charge < -0.3 is 20.5 Å². The minimum atomic E-state index is -0.443. The number of amides is 2. The van der Waals surface area contributed by atoms with E-state index in [1.165, 1.54) is 22.5 Å². The maximum Gasteiger partial charge on any atom is 0.261 e. The molecule has 4 rings (SSSR count). The van der Waals surface area contributed by atoms with Gasteiger partial charge in [0.15, 0.2) is 5.65 Å². The van der Waals surface area contributed by atoms with Crippen molar-refractivity contribution in [2.45, 2.75) is 13.5 Å². The van der Waals surface area contributed by atoms with Crippen molar-refractivity contribution in [2.24, 2.45) is 5.92 Å². The van der Waals surface area contributed by atoms with E-state index in [0.29, 0.717) is 39.9 Å². The number of carbonyl (C=O) groups excluding carboxylic acids is 2. The minimum Gasteiger partial charge on any atom is -0.496 e. The molecule has 3 N–H and O–H groups in total. The van der Waals surface area contributed by atoms with Gasteiger partial charge in [-0.05, 0) is 30.2 Å². The zero-order valence-corrected chi connectivity index (χ0v) is 19.9. The van der Waals surface area contributed by atoms with E-state index in [4.69, 9.17) is 21.4 Å². The SMILES string of the molecule is COc1ccc(Cl)cc1-c1nn(CC(=O)NCC(C)CO)cc1NC(=O)c1cnn2cccnc12. The van der Waals surface area contributed by atoms with Crippen molar-refractivity contribution >= 4 is 34.7 Å². The van der Waals surface area contributed by atoms with Crippen LogP contribution in [0.3, 0.4) is 0 Å². The lowest BCUT2D eigenvalue weighted by Gasteiger charge is -2.10. The number of methoxy groups -OCH3 is 1. The van der Waals surface area contributed by atoms with Crippen LogP contribution in [0.5, 0.6) is 5.75 Å². The van der Waals surface area contributed by atoms with Crippen molar-refractivity contribution in [3.8, 4) is 17.0 Å². The number of anilines is 1. The second-order valence-corrected chi connectivity index (χ2v) is 8.36. The van der Waals surface area contributed by atoms with Gasteiger partial charge in [0.2, 0.25) is 5.91 Å². The van der Waals surface area contributed by atoms with E-state index in [2.05, 4.69) is 25.8 Å². The molecule has 11 nitrogen and oxygen atoms in total. The number of aliphatic hydroxyl groups is 1. The Morgan fingerprint density at radius 2 is 2.14 bits per heavy atom. The van der Waals surface area contributed by atoms with Crippen molar-refractivity contribution in [3.63, 3.8) is 0 Å².